The van der Waals surface area contributed by atoms with Gasteiger partial charge in [0, 0.05) is 0 Å². The van der Waals surface area contributed by atoms with Crippen molar-refractivity contribution in [3.05, 3.63) is 62.7 Å². The summed E-state index contributed by atoms with van der Waals surface area (Å²) in [6.07, 6.45) is 1.56. The number of nitrogens with zero attached hydrogens (tertiary/aromatic N) is 1. The minimum Gasteiger partial charge on any atom is -0.490 e. The number of hydrogen-bond donors (Lipinski definition) is 1. The third kappa shape index (κ3) is 5.73. The summed E-state index contributed by atoms with van der Waals surface area (Å²) < 4.78 is 12.2. The molecule has 1 N–H and O–H groups in total. The third-order valence-electron chi connectivity index (χ3n) is 3.94. The molecule has 0 bridgehead atoms. The summed E-state index contributed by atoms with van der Waals surface area (Å²) in [7, 11) is 0. The Balaban J connectivity index is 2.28. The Morgan fingerprint density at radius 3 is 2.50 bits per heavy atom. The van der Waals surface area contributed by atoms with Crippen molar-refractivity contribution in [2.45, 2.75) is 26.8 Å². The van der Waals surface area contributed by atoms with E-state index >= 15 is 0 Å². The highest BCUT2D eigenvalue weighted by molar-refractivity contribution is 14.1. The molecule has 0 aliphatic carbocycles. The van der Waals surface area contributed by atoms with Gasteiger partial charge in [-0.05, 0) is 72.7 Å². The van der Waals surface area contributed by atoms with Gasteiger partial charge >= 0.3 is 0 Å². The molecule has 0 unspecified atom stereocenters. The summed E-state index contributed by atoms with van der Waals surface area (Å²) in [5.41, 5.74) is 1.71. The number of ether oxygens (including phenoxy) is 2. The fraction of sp³-hybridized carbons (Fsp3) is 0.273. The second kappa shape index (κ2) is 10.7. The maximum absolute atomic E-state index is 12.6. The van der Waals surface area contributed by atoms with Crippen LogP contribution in [-0.2, 0) is 4.79 Å². The van der Waals surface area contributed by atoms with Crippen molar-refractivity contribution in [1.82, 2.24) is 5.32 Å². The van der Waals surface area contributed by atoms with Crippen molar-refractivity contribution in [2.75, 3.05) is 13.2 Å². The lowest BCUT2D eigenvalue weighted by Crippen LogP contribution is -2.27. The minimum absolute atomic E-state index is 0.0326. The molecule has 0 aromatic heterocycles. The van der Waals surface area contributed by atoms with Crippen LogP contribution in [0, 0.1) is 14.9 Å². The summed E-state index contributed by atoms with van der Waals surface area (Å²) in [5, 5.41) is 12.4. The van der Waals surface area contributed by atoms with Crippen LogP contribution in [-0.4, -0.2) is 19.1 Å². The molecule has 2 rings (SSSR count). The van der Waals surface area contributed by atoms with Crippen molar-refractivity contribution < 1.29 is 14.3 Å². The van der Waals surface area contributed by atoms with E-state index in [1.165, 1.54) is 0 Å². The number of rotatable bonds is 8. The minimum atomic E-state index is -0.416. The first-order chi connectivity index (χ1) is 13.5. The number of carbonyl (C=O) groups is 1. The van der Waals surface area contributed by atoms with Crippen molar-refractivity contribution in [3.63, 3.8) is 0 Å². The molecule has 1 atom stereocenters. The molecule has 146 valence electrons. The van der Waals surface area contributed by atoms with E-state index in [9.17, 15) is 10.1 Å². The van der Waals surface area contributed by atoms with Gasteiger partial charge in [0.1, 0.15) is 11.6 Å². The molecule has 5 nitrogen and oxygen atoms in total. The molecule has 0 heterocycles. The maximum Gasteiger partial charge on any atom is 0.262 e. The Morgan fingerprint density at radius 2 is 1.89 bits per heavy atom. The van der Waals surface area contributed by atoms with Crippen LogP contribution in [0.25, 0.3) is 6.08 Å². The van der Waals surface area contributed by atoms with E-state index in [1.807, 2.05) is 63.2 Å². The predicted octanol–water partition coefficient (Wildman–Crippen LogP) is 4.87. The van der Waals surface area contributed by atoms with Crippen LogP contribution in [0.15, 0.2) is 48.0 Å². The van der Waals surface area contributed by atoms with Crippen LogP contribution < -0.4 is 14.8 Å². The highest BCUT2D eigenvalue weighted by Crippen LogP contribution is 2.35. The first kappa shape index (κ1) is 21.8. The summed E-state index contributed by atoms with van der Waals surface area (Å²) in [6, 6.07) is 15.0. The van der Waals surface area contributed by atoms with E-state index in [1.54, 1.807) is 12.1 Å². The van der Waals surface area contributed by atoms with E-state index in [2.05, 4.69) is 27.9 Å². The van der Waals surface area contributed by atoms with Gasteiger partial charge in [0.15, 0.2) is 11.5 Å². The van der Waals surface area contributed by atoms with Gasteiger partial charge in [-0.1, -0.05) is 30.3 Å². The first-order valence-corrected chi connectivity index (χ1v) is 10.1. The zero-order valence-corrected chi connectivity index (χ0v) is 18.3. The van der Waals surface area contributed by atoms with Crippen molar-refractivity contribution >= 4 is 34.6 Å². The van der Waals surface area contributed by atoms with Crippen LogP contribution in [0.3, 0.4) is 0 Å². The maximum atomic E-state index is 12.6. The average Bonchev–Trinajstić information content (AvgIpc) is 2.69. The van der Waals surface area contributed by atoms with Gasteiger partial charge in [0.2, 0.25) is 0 Å². The van der Waals surface area contributed by atoms with Crippen LogP contribution in [0.2, 0.25) is 0 Å². The quantitative estimate of drug-likeness (QED) is 0.326. The first-order valence-electron chi connectivity index (χ1n) is 9.06. The zero-order chi connectivity index (χ0) is 20.5. The van der Waals surface area contributed by atoms with Gasteiger partial charge in [0.05, 0.1) is 22.8 Å². The number of amides is 1. The van der Waals surface area contributed by atoms with Gasteiger partial charge in [-0.25, -0.2) is 0 Å². The van der Waals surface area contributed by atoms with E-state index < -0.39 is 5.91 Å². The summed E-state index contributed by atoms with van der Waals surface area (Å²) >= 11 is 2.16. The van der Waals surface area contributed by atoms with Gasteiger partial charge in [-0.3, -0.25) is 4.79 Å². The topological polar surface area (TPSA) is 71.3 Å². The largest absolute Gasteiger partial charge is 0.490 e. The lowest BCUT2D eigenvalue weighted by atomic mass is 10.1. The number of carbonyl (C=O) groups excluding carboxylic acids is 1. The number of nitrogens with one attached hydrogen (secondary N) is 1. The molecule has 0 fully saturated rings. The SMILES string of the molecule is CCOc1cc(/C=C(/C#N)C(=O)N[C@H](C)c2ccccc2)cc(I)c1OCC. The van der Waals surface area contributed by atoms with E-state index in [0.29, 0.717) is 30.3 Å². The predicted molar refractivity (Wildman–Crippen MR) is 118 cm³/mol. The lowest BCUT2D eigenvalue weighted by molar-refractivity contribution is -0.117. The molecule has 2 aromatic rings. The number of benzene rings is 2. The van der Waals surface area contributed by atoms with Gasteiger partial charge in [0.25, 0.3) is 5.91 Å². The van der Waals surface area contributed by atoms with Crippen LogP contribution >= 0.6 is 22.6 Å². The molecule has 2 aromatic carbocycles. The van der Waals surface area contributed by atoms with Crippen molar-refractivity contribution in [1.29, 1.82) is 5.26 Å². The number of nitriles is 1. The molecule has 0 radical (unpaired) electrons. The van der Waals surface area contributed by atoms with Gasteiger partial charge in [-0.2, -0.15) is 5.26 Å². The second-order valence-electron chi connectivity index (χ2n) is 5.97. The molecule has 0 aliphatic rings. The fourth-order valence-electron chi connectivity index (χ4n) is 2.63. The van der Waals surface area contributed by atoms with Gasteiger partial charge < -0.3 is 14.8 Å². The Bertz CT molecular complexity index is 889. The highest BCUT2D eigenvalue weighted by atomic mass is 127. The lowest BCUT2D eigenvalue weighted by Gasteiger charge is -2.15. The smallest absolute Gasteiger partial charge is 0.262 e. The molecule has 6 heteroatoms. The number of halogens is 1. The Kier molecular flexibility index (Phi) is 8.33. The molecule has 0 aliphatic heterocycles. The standard InChI is InChI=1S/C22H23IN2O3/c1-4-27-20-13-16(12-19(23)21(20)28-5-2)11-18(14-24)22(26)25-15(3)17-9-7-6-8-10-17/h6-13,15H,4-5H2,1-3H3,(H,25,26)/b18-11-/t15-/m1/s1. The zero-order valence-electron chi connectivity index (χ0n) is 16.2. The fourth-order valence-corrected chi connectivity index (χ4v) is 3.41. The highest BCUT2D eigenvalue weighted by Gasteiger charge is 2.16. The Labute approximate surface area is 179 Å². The van der Waals surface area contributed by atoms with Crippen molar-refractivity contribution in [3.8, 4) is 17.6 Å². The third-order valence-corrected chi connectivity index (χ3v) is 4.74. The Morgan fingerprint density at radius 1 is 1.21 bits per heavy atom. The van der Waals surface area contributed by atoms with E-state index in [-0.39, 0.29) is 11.6 Å². The van der Waals surface area contributed by atoms with Crippen LogP contribution in [0.1, 0.15) is 37.9 Å². The van der Waals surface area contributed by atoms with Crippen LogP contribution in [0.4, 0.5) is 0 Å². The number of hydrogen-bond acceptors (Lipinski definition) is 4. The molecule has 0 saturated heterocycles. The average molecular weight is 490 g/mol. The van der Waals surface area contributed by atoms with Crippen LogP contribution in [0.5, 0.6) is 11.5 Å². The summed E-state index contributed by atoms with van der Waals surface area (Å²) in [6.45, 7) is 6.70. The Hall–Kier alpha value is -2.53. The molecule has 0 spiro atoms. The van der Waals surface area contributed by atoms with Crippen molar-refractivity contribution in [2.24, 2.45) is 0 Å². The van der Waals surface area contributed by atoms with Gasteiger partial charge in [-0.15, -0.1) is 0 Å². The second-order valence-corrected chi connectivity index (χ2v) is 7.13. The van der Waals surface area contributed by atoms with E-state index in [0.717, 1.165) is 9.13 Å². The molecule has 1 amide bonds. The summed E-state index contributed by atoms with van der Waals surface area (Å²) in [4.78, 5) is 12.6. The summed E-state index contributed by atoms with van der Waals surface area (Å²) in [5.74, 6) is 0.848. The monoisotopic (exact) mass is 490 g/mol. The normalized spacial score (nSPS) is 12.0. The molecular formula is C22H23IN2O3. The molecule has 0 saturated carbocycles. The van der Waals surface area contributed by atoms with E-state index in [4.69, 9.17) is 9.47 Å². The molecule has 28 heavy (non-hydrogen) atoms. The molecular weight excluding hydrogens is 467 g/mol.